The van der Waals surface area contributed by atoms with Gasteiger partial charge in [-0.3, -0.25) is 19.2 Å². The SMILES string of the molecule is C=Cc1c2[n-]c(c1C)/C=C1\[N-]/C(=C3\c4[n-]c(c(C)c4C(=O)[C@@H]3C(=O)OC)/C=c3\[n-]/c(c(C=O)c3CC)=C\2)[C@@H](CCC(=O)OC/C=C\C)[C@@H]1C.[Mg+2]. The average Bonchev–Trinajstić information content (AvgIpc) is 3.84. The molecule has 11 heteroatoms. The molecule has 3 atom stereocenters. The molecule has 6 rings (SSSR count). The van der Waals surface area contributed by atoms with Crippen LogP contribution in [0.25, 0.3) is 35.2 Å². The second-order valence-electron chi connectivity index (χ2n) is 12.5. The minimum absolute atomic E-state index is 0. The minimum Gasteiger partial charge on any atom is -0.664 e. The first-order chi connectivity index (χ1) is 23.6. The zero-order valence-corrected chi connectivity index (χ0v) is 30.7. The number of hydrogen-bond acceptors (Lipinski definition) is 6. The summed E-state index contributed by atoms with van der Waals surface area (Å²) in [4.78, 5) is 67.4. The summed E-state index contributed by atoms with van der Waals surface area (Å²) < 4.78 is 10.5. The summed E-state index contributed by atoms with van der Waals surface area (Å²) in [6.45, 7) is 13.8. The third kappa shape index (κ3) is 6.06. The Morgan fingerprint density at radius 2 is 1.72 bits per heavy atom. The Morgan fingerprint density at radius 1 is 1.00 bits per heavy atom. The van der Waals surface area contributed by atoms with Crippen molar-refractivity contribution < 1.29 is 28.7 Å². The van der Waals surface area contributed by atoms with Crippen LogP contribution in [0, 0.1) is 31.6 Å². The molecule has 0 saturated carbocycles. The standard InChI is InChI=1S/C39H39N4O6.Mg/c1-8-11-14-49-32(45)13-12-24-20(5)27-15-26-19(4)22(9-2)29(40-26)17-31-25(18-44)23(10-3)30(41-31)16-28-21(6)33-37(43-28)34(36(24)42-27)35(38(33)46)39(47)48-7;/h8-9,11,15-18,20,24,35H,2,10,12-14H2,1,3-7H3,(H-,42,43,44,46);/q-3;+2/p-1/b11-8-,27-15-,31-17-;/t20-,24-,35+;/m0./s1. The van der Waals surface area contributed by atoms with E-state index in [-0.39, 0.29) is 53.9 Å². The second-order valence-corrected chi connectivity index (χ2v) is 12.5. The molecule has 5 heterocycles. The van der Waals surface area contributed by atoms with Gasteiger partial charge in [0.05, 0.1) is 7.11 Å². The van der Waals surface area contributed by atoms with Crippen LogP contribution in [0.5, 0.6) is 0 Å². The van der Waals surface area contributed by atoms with Crippen LogP contribution in [0.2, 0.25) is 0 Å². The fourth-order valence-corrected chi connectivity index (χ4v) is 7.18. The summed E-state index contributed by atoms with van der Waals surface area (Å²) in [5.74, 6) is -3.29. The Hall–Kier alpha value is -4.61. The van der Waals surface area contributed by atoms with Crippen LogP contribution >= 0.6 is 0 Å². The van der Waals surface area contributed by atoms with E-state index < -0.39 is 17.7 Å². The van der Waals surface area contributed by atoms with Crippen LogP contribution in [0.15, 0.2) is 30.1 Å². The molecule has 0 amide bonds. The van der Waals surface area contributed by atoms with E-state index in [1.807, 2.05) is 39.8 Å². The van der Waals surface area contributed by atoms with Gasteiger partial charge < -0.3 is 29.7 Å². The quantitative estimate of drug-likeness (QED) is 0.107. The molecule has 2 aliphatic heterocycles. The van der Waals surface area contributed by atoms with Gasteiger partial charge in [-0.2, -0.15) is 11.4 Å². The average molecular weight is 683 g/mol. The molecule has 50 heavy (non-hydrogen) atoms. The molecule has 3 aromatic rings. The number of rotatable bonds is 9. The fourth-order valence-electron chi connectivity index (χ4n) is 7.18. The van der Waals surface area contributed by atoms with E-state index in [2.05, 4.69) is 6.58 Å². The van der Waals surface area contributed by atoms with Crippen molar-refractivity contribution in [3.63, 3.8) is 0 Å². The minimum atomic E-state index is -1.26. The molecule has 0 aromatic carbocycles. The van der Waals surface area contributed by atoms with Crippen molar-refractivity contribution in [1.29, 1.82) is 0 Å². The second kappa shape index (κ2) is 14.7. The molecule has 1 aliphatic carbocycles. The van der Waals surface area contributed by atoms with Gasteiger partial charge in [-0.25, -0.2) is 0 Å². The fraction of sp³-hybridized carbons (Fsp3) is 0.333. The van der Waals surface area contributed by atoms with E-state index in [1.54, 1.807) is 31.2 Å². The number of Topliss-reactive ketones (excluding diaryl/α,β-unsaturated/α-hetero) is 1. The Kier molecular flexibility index (Phi) is 10.8. The van der Waals surface area contributed by atoms with E-state index in [9.17, 15) is 19.2 Å². The first-order valence-electron chi connectivity index (χ1n) is 16.5. The van der Waals surface area contributed by atoms with Crippen molar-refractivity contribution >= 4 is 76.9 Å². The molecule has 0 spiro atoms. The number of allylic oxidation sites excluding steroid dienone is 3. The van der Waals surface area contributed by atoms with Crippen LogP contribution in [-0.2, 0) is 25.5 Å². The van der Waals surface area contributed by atoms with E-state index in [0.717, 1.165) is 23.0 Å². The van der Waals surface area contributed by atoms with Gasteiger partial charge in [-0.05, 0) is 51.0 Å². The van der Waals surface area contributed by atoms with Crippen molar-refractivity contribution in [2.75, 3.05) is 13.7 Å². The van der Waals surface area contributed by atoms with Crippen molar-refractivity contribution in [2.24, 2.45) is 17.8 Å². The van der Waals surface area contributed by atoms with Gasteiger partial charge in [0.1, 0.15) is 18.8 Å². The summed E-state index contributed by atoms with van der Waals surface area (Å²) in [5, 5.41) is 6.15. The molecular weight excluding hydrogens is 645 g/mol. The number of aromatic nitrogens is 3. The van der Waals surface area contributed by atoms with Gasteiger partial charge in [-0.15, -0.1) is 33.5 Å². The molecule has 254 valence electrons. The third-order valence-corrected chi connectivity index (χ3v) is 9.86. The number of nitrogens with zero attached hydrogens (tertiary/aromatic N) is 4. The number of hydrogen-bond donors (Lipinski definition) is 0. The van der Waals surface area contributed by atoms with Crippen LogP contribution < -0.4 is 25.7 Å². The molecule has 1 fully saturated rings. The van der Waals surface area contributed by atoms with Crippen molar-refractivity contribution in [3.8, 4) is 0 Å². The molecule has 10 nitrogen and oxygen atoms in total. The molecule has 0 radical (unpaired) electrons. The monoisotopic (exact) mass is 682 g/mol. The maximum Gasteiger partial charge on any atom is 2.00 e. The summed E-state index contributed by atoms with van der Waals surface area (Å²) in [7, 11) is 1.25. The Balaban J connectivity index is 0.00000486. The molecule has 8 bridgehead atoms. The number of fused-ring (bicyclic) bond motifs is 7. The molecular formula is C39H38MgN4O6-2. The van der Waals surface area contributed by atoms with Crippen molar-refractivity contribution in [3.05, 3.63) is 102 Å². The van der Waals surface area contributed by atoms with Gasteiger partial charge in [0.15, 0.2) is 5.78 Å². The van der Waals surface area contributed by atoms with Gasteiger partial charge in [0.25, 0.3) is 0 Å². The largest absolute Gasteiger partial charge is 2.00 e. The topological polar surface area (TPSA) is 143 Å². The van der Waals surface area contributed by atoms with Gasteiger partial charge >= 0.3 is 35.0 Å². The zero-order valence-electron chi connectivity index (χ0n) is 29.3. The molecule has 0 N–H and O–H groups in total. The maximum atomic E-state index is 14.1. The van der Waals surface area contributed by atoms with Crippen LogP contribution in [-0.4, -0.2) is 60.8 Å². The van der Waals surface area contributed by atoms with Gasteiger partial charge in [0, 0.05) is 17.5 Å². The summed E-state index contributed by atoms with van der Waals surface area (Å²) >= 11 is 0. The van der Waals surface area contributed by atoms with Crippen molar-refractivity contribution in [1.82, 2.24) is 15.0 Å². The Labute approximate surface area is 307 Å². The molecule has 1 saturated heterocycles. The number of aldehydes is 1. The Morgan fingerprint density at radius 3 is 2.38 bits per heavy atom. The predicted molar refractivity (Wildman–Crippen MR) is 192 cm³/mol. The number of methoxy groups -OCH3 is 1. The van der Waals surface area contributed by atoms with Crippen molar-refractivity contribution in [2.45, 2.75) is 53.9 Å². The number of carbonyl (C=O) groups is 4. The normalized spacial score (nSPS) is 22.8. The van der Waals surface area contributed by atoms with Gasteiger partial charge in [0.2, 0.25) is 0 Å². The predicted octanol–water partition coefficient (Wildman–Crippen LogP) is 4.06. The van der Waals surface area contributed by atoms with Crippen LogP contribution in [0.1, 0.15) is 99.4 Å². The Bertz CT molecular complexity index is 2140. The number of carbonyl (C=O) groups excluding carboxylic acids is 4. The van der Waals surface area contributed by atoms with Gasteiger partial charge in [-0.1, -0.05) is 79.1 Å². The van der Waals surface area contributed by atoms with E-state index >= 15 is 0 Å². The summed E-state index contributed by atoms with van der Waals surface area (Å²) in [6, 6.07) is 0. The maximum absolute atomic E-state index is 14.1. The molecule has 0 unspecified atom stereocenters. The number of ether oxygens (including phenoxy) is 2. The third-order valence-electron chi connectivity index (χ3n) is 9.86. The number of ketones is 1. The van der Waals surface area contributed by atoms with E-state index in [1.165, 1.54) is 7.11 Å². The summed E-state index contributed by atoms with van der Waals surface area (Å²) in [5.41, 5.74) is 7.55. The smallest absolute Gasteiger partial charge is 0.664 e. The molecule has 3 aliphatic rings. The van der Waals surface area contributed by atoms with Crippen LogP contribution in [0.4, 0.5) is 0 Å². The molecule has 3 aromatic heterocycles. The van der Waals surface area contributed by atoms with E-state index in [0.29, 0.717) is 80.0 Å². The summed E-state index contributed by atoms with van der Waals surface area (Å²) in [6.07, 6.45) is 12.6. The first kappa shape index (κ1) is 36.7. The number of esters is 2. The van der Waals surface area contributed by atoms with Crippen LogP contribution in [0.3, 0.4) is 0 Å². The first-order valence-corrected chi connectivity index (χ1v) is 16.5. The zero-order chi connectivity index (χ0) is 35.1. The van der Waals surface area contributed by atoms with E-state index in [4.69, 9.17) is 29.7 Å².